The first-order valence-electron chi connectivity index (χ1n) is 4.24. The van der Waals surface area contributed by atoms with Crippen molar-refractivity contribution in [1.82, 2.24) is 0 Å². The molecule has 1 aromatic rings. The Morgan fingerprint density at radius 2 is 1.86 bits per heavy atom. The van der Waals surface area contributed by atoms with Gasteiger partial charge in [-0.3, -0.25) is 0 Å². The van der Waals surface area contributed by atoms with Gasteiger partial charge in [0.25, 0.3) is 0 Å². The molecule has 0 aliphatic rings. The van der Waals surface area contributed by atoms with Gasteiger partial charge in [0.2, 0.25) is 0 Å². The van der Waals surface area contributed by atoms with Crippen LogP contribution in [0.25, 0.3) is 0 Å². The van der Waals surface area contributed by atoms with Gasteiger partial charge in [0, 0.05) is 19.6 Å². The third-order valence-electron chi connectivity index (χ3n) is 1.75. The zero-order valence-corrected chi connectivity index (χ0v) is 7.84. The van der Waals surface area contributed by atoms with Crippen LogP contribution in [0.2, 0.25) is 0 Å². The van der Waals surface area contributed by atoms with Crippen LogP contribution in [-0.4, -0.2) is 24.9 Å². The van der Waals surface area contributed by atoms with E-state index in [1.807, 2.05) is 0 Å². The minimum Gasteiger partial charge on any atom is -0.390 e. The second-order valence-corrected chi connectivity index (χ2v) is 3.09. The first-order valence-corrected chi connectivity index (χ1v) is 4.24. The first kappa shape index (κ1) is 11.1. The average Bonchev–Trinajstić information content (AvgIpc) is 2.01. The Morgan fingerprint density at radius 3 is 2.36 bits per heavy atom. The maximum Gasteiger partial charge on any atom is 0.126 e. The van der Waals surface area contributed by atoms with Crippen LogP contribution in [0.15, 0.2) is 18.2 Å². The Balaban J connectivity index is 2.66. The van der Waals surface area contributed by atoms with Crippen molar-refractivity contribution in [3.8, 4) is 0 Å². The molecule has 0 spiro atoms. The molecule has 1 rings (SSSR count). The van der Waals surface area contributed by atoms with Crippen LogP contribution in [0.5, 0.6) is 0 Å². The lowest BCUT2D eigenvalue weighted by Gasteiger charge is -2.09. The molecule has 0 heterocycles. The van der Waals surface area contributed by atoms with Crippen molar-refractivity contribution in [3.05, 3.63) is 35.4 Å². The van der Waals surface area contributed by atoms with Crippen molar-refractivity contribution >= 4 is 0 Å². The van der Waals surface area contributed by atoms with E-state index in [1.54, 1.807) is 0 Å². The number of aliphatic hydroxyl groups is 1. The van der Waals surface area contributed by atoms with Crippen molar-refractivity contribution in [1.29, 1.82) is 0 Å². The third-order valence-corrected chi connectivity index (χ3v) is 1.75. The molecule has 0 saturated carbocycles. The first-order chi connectivity index (χ1) is 6.61. The van der Waals surface area contributed by atoms with Crippen LogP contribution in [0.4, 0.5) is 8.78 Å². The molecule has 2 nitrogen and oxygen atoms in total. The Kier molecular flexibility index (Phi) is 3.98. The predicted molar refractivity (Wildman–Crippen MR) is 47.9 cm³/mol. The van der Waals surface area contributed by atoms with Gasteiger partial charge in [-0.05, 0) is 17.7 Å². The Hall–Kier alpha value is -1.00. The highest BCUT2D eigenvalue weighted by atomic mass is 19.1. The topological polar surface area (TPSA) is 29.5 Å². The van der Waals surface area contributed by atoms with E-state index in [2.05, 4.69) is 0 Å². The number of aliphatic hydroxyl groups excluding tert-OH is 1. The molecule has 0 aliphatic heterocycles. The predicted octanol–water partition coefficient (Wildman–Crippen LogP) is 1.51. The smallest absolute Gasteiger partial charge is 0.126 e. The average molecular weight is 202 g/mol. The summed E-state index contributed by atoms with van der Waals surface area (Å²) in [4.78, 5) is 0. The molecular weight excluding hydrogens is 190 g/mol. The van der Waals surface area contributed by atoms with Crippen molar-refractivity contribution in [2.24, 2.45) is 0 Å². The van der Waals surface area contributed by atoms with Crippen molar-refractivity contribution < 1.29 is 18.6 Å². The highest BCUT2D eigenvalue weighted by Crippen LogP contribution is 2.10. The Labute approximate surface area is 81.1 Å². The summed E-state index contributed by atoms with van der Waals surface area (Å²) < 4.78 is 30.1. The molecule has 14 heavy (non-hydrogen) atoms. The van der Waals surface area contributed by atoms with Gasteiger partial charge in [0.05, 0.1) is 12.7 Å². The molecule has 0 aliphatic carbocycles. The third kappa shape index (κ3) is 3.40. The molecule has 0 bridgehead atoms. The van der Waals surface area contributed by atoms with E-state index in [-0.39, 0.29) is 13.0 Å². The van der Waals surface area contributed by atoms with Crippen LogP contribution in [0.3, 0.4) is 0 Å². The van der Waals surface area contributed by atoms with E-state index in [0.29, 0.717) is 5.56 Å². The van der Waals surface area contributed by atoms with Crippen LogP contribution in [-0.2, 0) is 11.2 Å². The van der Waals surface area contributed by atoms with Gasteiger partial charge < -0.3 is 9.84 Å². The van der Waals surface area contributed by atoms with Crippen molar-refractivity contribution in [2.45, 2.75) is 12.5 Å². The normalized spacial score (nSPS) is 12.9. The number of ether oxygens (including phenoxy) is 1. The van der Waals surface area contributed by atoms with E-state index in [1.165, 1.54) is 19.2 Å². The number of hydrogen-bond donors (Lipinski definition) is 1. The quantitative estimate of drug-likeness (QED) is 0.802. The van der Waals surface area contributed by atoms with E-state index in [9.17, 15) is 13.9 Å². The summed E-state index contributed by atoms with van der Waals surface area (Å²) in [5.74, 6) is -1.27. The van der Waals surface area contributed by atoms with E-state index in [4.69, 9.17) is 4.74 Å². The summed E-state index contributed by atoms with van der Waals surface area (Å²) in [5.41, 5.74) is 0.423. The second kappa shape index (κ2) is 5.02. The standard InChI is InChI=1S/C10H12F2O2/c1-14-6-10(13)4-7-2-8(11)5-9(12)3-7/h2-3,5,10,13H,4,6H2,1H3. The Bertz CT molecular complexity index is 282. The molecule has 1 aromatic carbocycles. The second-order valence-electron chi connectivity index (χ2n) is 3.09. The summed E-state index contributed by atoms with van der Waals surface area (Å²) in [6.45, 7) is 0.151. The van der Waals surface area contributed by atoms with Crippen LogP contribution >= 0.6 is 0 Å². The number of halogens is 2. The molecular formula is C10H12F2O2. The van der Waals surface area contributed by atoms with E-state index < -0.39 is 17.7 Å². The molecule has 1 atom stereocenters. The summed E-state index contributed by atoms with van der Waals surface area (Å²) >= 11 is 0. The van der Waals surface area contributed by atoms with Gasteiger partial charge in [-0.15, -0.1) is 0 Å². The maximum atomic E-state index is 12.7. The highest BCUT2D eigenvalue weighted by molar-refractivity contribution is 5.18. The lowest BCUT2D eigenvalue weighted by molar-refractivity contribution is 0.0649. The lowest BCUT2D eigenvalue weighted by atomic mass is 10.1. The van der Waals surface area contributed by atoms with Gasteiger partial charge in [-0.25, -0.2) is 8.78 Å². The highest BCUT2D eigenvalue weighted by Gasteiger charge is 2.07. The minimum absolute atomic E-state index is 0.151. The van der Waals surface area contributed by atoms with Crippen LogP contribution in [0.1, 0.15) is 5.56 Å². The lowest BCUT2D eigenvalue weighted by Crippen LogP contribution is -2.17. The van der Waals surface area contributed by atoms with Crippen molar-refractivity contribution in [3.63, 3.8) is 0 Å². The van der Waals surface area contributed by atoms with Gasteiger partial charge in [-0.2, -0.15) is 0 Å². The van der Waals surface area contributed by atoms with Gasteiger partial charge in [-0.1, -0.05) is 0 Å². The van der Waals surface area contributed by atoms with E-state index >= 15 is 0 Å². The summed E-state index contributed by atoms with van der Waals surface area (Å²) in [6, 6.07) is 3.19. The Morgan fingerprint density at radius 1 is 1.29 bits per heavy atom. The summed E-state index contributed by atoms with van der Waals surface area (Å²) in [7, 11) is 1.45. The SMILES string of the molecule is COCC(O)Cc1cc(F)cc(F)c1. The molecule has 0 amide bonds. The van der Waals surface area contributed by atoms with Gasteiger partial charge in [0.15, 0.2) is 0 Å². The van der Waals surface area contributed by atoms with Gasteiger partial charge in [0.1, 0.15) is 11.6 Å². The summed E-state index contributed by atoms with van der Waals surface area (Å²) in [6.07, 6.45) is -0.552. The monoisotopic (exact) mass is 202 g/mol. The maximum absolute atomic E-state index is 12.7. The molecule has 0 fully saturated rings. The fourth-order valence-corrected chi connectivity index (χ4v) is 1.25. The fraction of sp³-hybridized carbons (Fsp3) is 0.400. The molecule has 0 saturated heterocycles. The number of benzene rings is 1. The number of methoxy groups -OCH3 is 1. The number of hydrogen-bond acceptors (Lipinski definition) is 2. The molecule has 1 unspecified atom stereocenters. The molecule has 4 heteroatoms. The van der Waals surface area contributed by atoms with Gasteiger partial charge >= 0.3 is 0 Å². The largest absolute Gasteiger partial charge is 0.390 e. The molecule has 0 radical (unpaired) electrons. The zero-order chi connectivity index (χ0) is 10.6. The van der Waals surface area contributed by atoms with Crippen molar-refractivity contribution in [2.75, 3.05) is 13.7 Å². The zero-order valence-electron chi connectivity index (χ0n) is 7.84. The minimum atomic E-state index is -0.735. The van der Waals surface area contributed by atoms with Crippen LogP contribution < -0.4 is 0 Å². The molecule has 1 N–H and O–H groups in total. The molecule has 0 aromatic heterocycles. The van der Waals surface area contributed by atoms with Crippen LogP contribution in [0, 0.1) is 11.6 Å². The van der Waals surface area contributed by atoms with E-state index in [0.717, 1.165) is 6.07 Å². The summed E-state index contributed by atoms with van der Waals surface area (Å²) in [5, 5.41) is 9.31. The molecule has 78 valence electrons. The fourth-order valence-electron chi connectivity index (χ4n) is 1.25. The number of rotatable bonds is 4.